The molecule has 0 bridgehead atoms. The van der Waals surface area contributed by atoms with E-state index < -0.39 is 9.84 Å². The fourth-order valence-corrected chi connectivity index (χ4v) is 6.26. The summed E-state index contributed by atoms with van der Waals surface area (Å²) in [6.45, 7) is 5.55. The molecule has 2 aliphatic heterocycles. The van der Waals surface area contributed by atoms with Crippen molar-refractivity contribution >= 4 is 15.7 Å². The number of aromatic nitrogens is 2. The Kier molecular flexibility index (Phi) is 4.55. The van der Waals surface area contributed by atoms with Crippen LogP contribution in [0.5, 0.6) is 0 Å². The van der Waals surface area contributed by atoms with Crippen LogP contribution in [0.1, 0.15) is 18.1 Å². The van der Waals surface area contributed by atoms with Crippen LogP contribution in [0.15, 0.2) is 36.7 Å². The maximum absolute atomic E-state index is 12.2. The van der Waals surface area contributed by atoms with Gasteiger partial charge in [-0.15, -0.1) is 0 Å². The van der Waals surface area contributed by atoms with Crippen LogP contribution >= 0.6 is 0 Å². The Labute approximate surface area is 159 Å². The van der Waals surface area contributed by atoms with E-state index in [4.69, 9.17) is 0 Å². The van der Waals surface area contributed by atoms with Crippen molar-refractivity contribution in [3.8, 4) is 5.69 Å². The van der Waals surface area contributed by atoms with Crippen LogP contribution in [0, 0.1) is 6.92 Å². The van der Waals surface area contributed by atoms with Gasteiger partial charge in [0.2, 0.25) is 5.91 Å². The molecule has 8 heteroatoms. The van der Waals surface area contributed by atoms with E-state index in [9.17, 15) is 13.2 Å². The number of piperazine rings is 1. The van der Waals surface area contributed by atoms with E-state index in [2.05, 4.69) is 29.1 Å². The van der Waals surface area contributed by atoms with E-state index in [1.54, 1.807) is 11.1 Å². The maximum Gasteiger partial charge on any atom is 0.219 e. The molecule has 27 heavy (non-hydrogen) atoms. The standard InChI is InChI=1S/C19H24N4O3S/c1-14-10-17(23-7-3-6-20-23)5-4-16(14)11-21-8-9-22(15(2)24)19-13-27(25,26)12-18(19)21/h3-7,10,18-19H,8-9,11-13H2,1-2H3/t18-,19+/m0/s1. The first kappa shape index (κ1) is 18.2. The lowest BCUT2D eigenvalue weighted by molar-refractivity contribution is -0.134. The van der Waals surface area contributed by atoms with Gasteiger partial charge in [-0.25, -0.2) is 13.1 Å². The molecule has 0 unspecified atom stereocenters. The number of amides is 1. The average molecular weight is 388 g/mol. The van der Waals surface area contributed by atoms with Crippen LogP contribution in [0.3, 0.4) is 0 Å². The predicted octanol–water partition coefficient (Wildman–Crippen LogP) is 1.01. The number of hydrogen-bond donors (Lipinski definition) is 0. The summed E-state index contributed by atoms with van der Waals surface area (Å²) < 4.78 is 26.3. The van der Waals surface area contributed by atoms with E-state index in [-0.39, 0.29) is 29.5 Å². The molecule has 144 valence electrons. The summed E-state index contributed by atoms with van der Waals surface area (Å²) in [5.41, 5.74) is 3.32. The van der Waals surface area contributed by atoms with E-state index in [1.807, 2.05) is 23.0 Å². The first-order valence-electron chi connectivity index (χ1n) is 9.15. The lowest BCUT2D eigenvalue weighted by Crippen LogP contribution is -2.59. The molecule has 0 N–H and O–H groups in total. The van der Waals surface area contributed by atoms with Crippen molar-refractivity contribution in [2.24, 2.45) is 0 Å². The number of aryl methyl sites for hydroxylation is 1. The Balaban J connectivity index is 1.57. The Bertz CT molecular complexity index is 955. The van der Waals surface area contributed by atoms with Gasteiger partial charge >= 0.3 is 0 Å². The molecule has 1 amide bonds. The van der Waals surface area contributed by atoms with E-state index in [0.29, 0.717) is 19.6 Å². The summed E-state index contributed by atoms with van der Waals surface area (Å²) in [6.07, 6.45) is 3.65. The zero-order chi connectivity index (χ0) is 19.2. The number of carbonyl (C=O) groups excluding carboxylic acids is 1. The Morgan fingerprint density at radius 3 is 2.67 bits per heavy atom. The van der Waals surface area contributed by atoms with Crippen molar-refractivity contribution in [3.63, 3.8) is 0 Å². The van der Waals surface area contributed by atoms with Crippen LogP contribution in [-0.2, 0) is 21.2 Å². The van der Waals surface area contributed by atoms with E-state index in [0.717, 1.165) is 11.3 Å². The van der Waals surface area contributed by atoms with Crippen LogP contribution in [0.4, 0.5) is 0 Å². The number of carbonyl (C=O) groups is 1. The molecule has 1 aromatic carbocycles. The number of fused-ring (bicyclic) bond motifs is 1. The third-order valence-electron chi connectivity index (χ3n) is 5.66. The Hall–Kier alpha value is -2.19. The molecule has 2 saturated heterocycles. The molecule has 1 aromatic heterocycles. The summed E-state index contributed by atoms with van der Waals surface area (Å²) >= 11 is 0. The quantitative estimate of drug-likeness (QED) is 0.785. The maximum atomic E-state index is 12.2. The first-order valence-corrected chi connectivity index (χ1v) is 11.0. The van der Waals surface area contributed by atoms with Gasteiger partial charge in [0, 0.05) is 45.0 Å². The molecule has 4 rings (SSSR count). The van der Waals surface area contributed by atoms with Crippen molar-refractivity contribution in [3.05, 3.63) is 47.8 Å². The van der Waals surface area contributed by atoms with Crippen LogP contribution in [-0.4, -0.2) is 70.6 Å². The molecule has 2 fully saturated rings. The molecular formula is C19H24N4O3S. The molecule has 3 heterocycles. The van der Waals surface area contributed by atoms with Gasteiger partial charge in [-0.05, 0) is 36.2 Å². The van der Waals surface area contributed by atoms with Crippen molar-refractivity contribution in [2.45, 2.75) is 32.5 Å². The highest BCUT2D eigenvalue weighted by atomic mass is 32.2. The minimum absolute atomic E-state index is 0.0403. The number of hydrogen-bond acceptors (Lipinski definition) is 5. The fraction of sp³-hybridized carbons (Fsp3) is 0.474. The second-order valence-electron chi connectivity index (χ2n) is 7.46. The lowest BCUT2D eigenvalue weighted by Gasteiger charge is -2.43. The van der Waals surface area contributed by atoms with Crippen LogP contribution < -0.4 is 0 Å². The van der Waals surface area contributed by atoms with E-state index >= 15 is 0 Å². The molecule has 0 aliphatic carbocycles. The molecule has 2 atom stereocenters. The minimum Gasteiger partial charge on any atom is -0.336 e. The van der Waals surface area contributed by atoms with Gasteiger partial charge in [-0.2, -0.15) is 5.10 Å². The third-order valence-corrected chi connectivity index (χ3v) is 7.36. The average Bonchev–Trinajstić information content (AvgIpc) is 3.23. The highest BCUT2D eigenvalue weighted by Gasteiger charge is 2.47. The number of rotatable bonds is 3. The molecule has 2 aromatic rings. The molecule has 7 nitrogen and oxygen atoms in total. The van der Waals surface area contributed by atoms with Gasteiger partial charge in [-0.1, -0.05) is 6.07 Å². The van der Waals surface area contributed by atoms with Crippen molar-refractivity contribution in [1.29, 1.82) is 0 Å². The third kappa shape index (κ3) is 3.51. The second-order valence-corrected chi connectivity index (χ2v) is 9.61. The SMILES string of the molecule is CC(=O)N1CCN(Cc2ccc(-n3cccn3)cc2C)[C@H]2CS(=O)(=O)C[C@H]21. The van der Waals surface area contributed by atoms with Gasteiger partial charge < -0.3 is 4.90 Å². The highest BCUT2D eigenvalue weighted by Crippen LogP contribution is 2.29. The normalized spacial score (nSPS) is 24.7. The van der Waals surface area contributed by atoms with E-state index in [1.165, 1.54) is 12.5 Å². The largest absolute Gasteiger partial charge is 0.336 e. The number of benzene rings is 1. The molecule has 0 saturated carbocycles. The van der Waals surface area contributed by atoms with Gasteiger partial charge in [0.25, 0.3) is 0 Å². The molecule has 0 radical (unpaired) electrons. The Morgan fingerprint density at radius 1 is 1.22 bits per heavy atom. The Morgan fingerprint density at radius 2 is 2.00 bits per heavy atom. The van der Waals surface area contributed by atoms with Crippen molar-refractivity contribution in [2.75, 3.05) is 24.6 Å². The van der Waals surface area contributed by atoms with Crippen LogP contribution in [0.2, 0.25) is 0 Å². The first-order chi connectivity index (χ1) is 12.8. The summed E-state index contributed by atoms with van der Waals surface area (Å²) in [4.78, 5) is 15.9. The van der Waals surface area contributed by atoms with Gasteiger partial charge in [0.15, 0.2) is 9.84 Å². The van der Waals surface area contributed by atoms with Gasteiger partial charge in [0.05, 0.1) is 23.2 Å². The number of nitrogens with zero attached hydrogens (tertiary/aromatic N) is 4. The minimum atomic E-state index is -3.11. The van der Waals surface area contributed by atoms with Crippen LogP contribution in [0.25, 0.3) is 5.69 Å². The summed E-state index contributed by atoms with van der Waals surface area (Å²) in [6, 6.07) is 7.74. The van der Waals surface area contributed by atoms with Gasteiger partial charge in [0.1, 0.15) is 0 Å². The smallest absolute Gasteiger partial charge is 0.219 e. The molecule has 2 aliphatic rings. The second kappa shape index (κ2) is 6.76. The lowest BCUT2D eigenvalue weighted by atomic mass is 10.0. The fourth-order valence-electron chi connectivity index (χ4n) is 4.25. The molecule has 0 spiro atoms. The summed E-state index contributed by atoms with van der Waals surface area (Å²) in [5, 5.41) is 4.26. The number of sulfone groups is 1. The molecular weight excluding hydrogens is 364 g/mol. The summed E-state index contributed by atoms with van der Waals surface area (Å²) in [5.74, 6) is 0.165. The van der Waals surface area contributed by atoms with Crippen molar-refractivity contribution < 1.29 is 13.2 Å². The zero-order valence-electron chi connectivity index (χ0n) is 15.6. The van der Waals surface area contributed by atoms with Gasteiger partial charge in [-0.3, -0.25) is 9.69 Å². The highest BCUT2D eigenvalue weighted by molar-refractivity contribution is 7.91. The zero-order valence-corrected chi connectivity index (χ0v) is 16.4. The van der Waals surface area contributed by atoms with Crippen molar-refractivity contribution in [1.82, 2.24) is 19.6 Å². The summed E-state index contributed by atoms with van der Waals surface area (Å²) in [7, 11) is -3.11. The predicted molar refractivity (Wildman–Crippen MR) is 102 cm³/mol. The monoisotopic (exact) mass is 388 g/mol. The topological polar surface area (TPSA) is 75.5 Å².